The predicted molar refractivity (Wildman–Crippen MR) is 101 cm³/mol. The highest BCUT2D eigenvalue weighted by Crippen LogP contribution is 2.33. The molecule has 3 aromatic rings. The third-order valence-electron chi connectivity index (χ3n) is 3.45. The van der Waals surface area contributed by atoms with Gasteiger partial charge in [-0.15, -0.1) is 0 Å². The van der Waals surface area contributed by atoms with Crippen molar-refractivity contribution in [3.05, 3.63) is 35.6 Å². The van der Waals surface area contributed by atoms with Gasteiger partial charge in [-0.2, -0.15) is 4.90 Å². The Morgan fingerprint density at radius 3 is 2.48 bits per heavy atom. The van der Waals surface area contributed by atoms with E-state index in [4.69, 9.17) is 21.8 Å². The molecule has 3 rings (SSSR count). The van der Waals surface area contributed by atoms with Crippen LogP contribution in [0.5, 0.6) is 0 Å². The first kappa shape index (κ1) is 18.5. The average Bonchev–Trinajstić information content (AvgIpc) is 2.96. The number of hydrogen-bond donors (Lipinski definition) is 3. The number of benzene rings is 1. The van der Waals surface area contributed by atoms with Gasteiger partial charge in [-0.25, -0.2) is 19.6 Å². The van der Waals surface area contributed by atoms with Crippen LogP contribution in [0.4, 0.5) is 20.4 Å². The number of anilines is 2. The molecule has 0 unspecified atom stereocenters. The summed E-state index contributed by atoms with van der Waals surface area (Å²) in [5, 5.41) is 21.0. The fourth-order valence-electron chi connectivity index (χ4n) is 2.35. The lowest BCUT2D eigenvalue weighted by atomic mass is 10.1. The van der Waals surface area contributed by atoms with Crippen LogP contribution >= 0.6 is 22.9 Å². The standard InChI is InChI=1S/C16H11ClN4O5S/c1-7(22)19-14-20-10-3-2-8(5-12(10)27-14)9-4-11(13(17)18-6-9)21(15(23)24)16(25)26/h2-6H,1H3,(H,23,24)(H,25,26)(H,19,20,22). The van der Waals surface area contributed by atoms with Gasteiger partial charge in [0.1, 0.15) is 0 Å². The maximum atomic E-state index is 11.2. The predicted octanol–water partition coefficient (Wildman–Crippen LogP) is 4.13. The number of halogens is 1. The maximum Gasteiger partial charge on any atom is 0.421 e. The highest BCUT2D eigenvalue weighted by molar-refractivity contribution is 7.22. The van der Waals surface area contributed by atoms with Crippen LogP contribution in [0.2, 0.25) is 5.15 Å². The van der Waals surface area contributed by atoms with Gasteiger partial charge in [0.05, 0.1) is 15.9 Å². The van der Waals surface area contributed by atoms with Gasteiger partial charge in [0, 0.05) is 18.7 Å². The van der Waals surface area contributed by atoms with Crippen LogP contribution in [0.1, 0.15) is 6.92 Å². The van der Waals surface area contributed by atoms with Gasteiger partial charge in [0.2, 0.25) is 5.91 Å². The SMILES string of the molecule is CC(=O)Nc1nc2ccc(-c3cnc(Cl)c(N(C(=O)O)C(=O)O)c3)cc2s1. The molecule has 3 N–H and O–H groups in total. The second-order valence-corrected chi connectivity index (χ2v) is 6.71. The van der Waals surface area contributed by atoms with Gasteiger partial charge >= 0.3 is 12.2 Å². The number of hydrogen-bond acceptors (Lipinski definition) is 6. The van der Waals surface area contributed by atoms with E-state index in [1.54, 1.807) is 18.2 Å². The monoisotopic (exact) mass is 406 g/mol. The van der Waals surface area contributed by atoms with Crippen molar-refractivity contribution in [2.24, 2.45) is 0 Å². The lowest BCUT2D eigenvalue weighted by molar-refractivity contribution is -0.114. The number of nitrogens with one attached hydrogen (secondary N) is 1. The largest absolute Gasteiger partial charge is 0.464 e. The lowest BCUT2D eigenvalue weighted by Gasteiger charge is -2.15. The number of carbonyl (C=O) groups is 3. The first-order chi connectivity index (χ1) is 12.8. The molecule has 0 bridgehead atoms. The molecule has 27 heavy (non-hydrogen) atoms. The molecule has 9 nitrogen and oxygen atoms in total. The van der Waals surface area contributed by atoms with E-state index in [2.05, 4.69) is 15.3 Å². The molecule has 0 spiro atoms. The molecule has 0 saturated heterocycles. The maximum absolute atomic E-state index is 11.2. The summed E-state index contributed by atoms with van der Waals surface area (Å²) in [6.45, 7) is 1.38. The highest BCUT2D eigenvalue weighted by atomic mass is 35.5. The fraction of sp³-hybridized carbons (Fsp3) is 0.0625. The van der Waals surface area contributed by atoms with E-state index in [0.717, 1.165) is 4.70 Å². The molecule has 138 valence electrons. The molecule has 3 amide bonds. The molecule has 0 aliphatic rings. The average molecular weight is 407 g/mol. The van der Waals surface area contributed by atoms with Gasteiger partial charge in [-0.3, -0.25) is 4.79 Å². The molecular weight excluding hydrogens is 396 g/mol. The minimum Gasteiger partial charge on any atom is -0.464 e. The van der Waals surface area contributed by atoms with Crippen LogP contribution in [0, 0.1) is 0 Å². The van der Waals surface area contributed by atoms with Crippen molar-refractivity contribution in [2.45, 2.75) is 6.92 Å². The third kappa shape index (κ3) is 3.81. The van der Waals surface area contributed by atoms with Gasteiger partial charge in [-0.05, 0) is 23.8 Å². The Labute approximate surface area is 160 Å². The third-order valence-corrected chi connectivity index (χ3v) is 4.67. The lowest BCUT2D eigenvalue weighted by Crippen LogP contribution is -2.34. The van der Waals surface area contributed by atoms with Crippen molar-refractivity contribution < 1.29 is 24.6 Å². The molecule has 0 atom stereocenters. The van der Waals surface area contributed by atoms with Gasteiger partial charge in [0.25, 0.3) is 0 Å². The zero-order chi connectivity index (χ0) is 19.7. The van der Waals surface area contributed by atoms with Crippen molar-refractivity contribution in [3.8, 4) is 11.1 Å². The van der Waals surface area contributed by atoms with E-state index in [9.17, 15) is 14.4 Å². The number of nitrogens with zero attached hydrogens (tertiary/aromatic N) is 3. The van der Waals surface area contributed by atoms with E-state index < -0.39 is 12.2 Å². The quantitative estimate of drug-likeness (QED) is 0.557. The summed E-state index contributed by atoms with van der Waals surface area (Å²) in [4.78, 5) is 41.9. The summed E-state index contributed by atoms with van der Waals surface area (Å²) in [6, 6.07) is 6.56. The normalized spacial score (nSPS) is 10.6. The van der Waals surface area contributed by atoms with Crippen molar-refractivity contribution >= 4 is 62.1 Å². The Morgan fingerprint density at radius 1 is 1.15 bits per heavy atom. The second kappa shape index (κ2) is 7.17. The fourth-order valence-corrected chi connectivity index (χ4v) is 3.49. The van der Waals surface area contributed by atoms with Crippen molar-refractivity contribution in [3.63, 3.8) is 0 Å². The zero-order valence-electron chi connectivity index (χ0n) is 13.6. The molecule has 0 radical (unpaired) electrons. The van der Waals surface area contributed by atoms with E-state index >= 15 is 0 Å². The number of thiazole rings is 1. The highest BCUT2D eigenvalue weighted by Gasteiger charge is 2.25. The number of pyridine rings is 1. The first-order valence-electron chi connectivity index (χ1n) is 7.36. The van der Waals surface area contributed by atoms with Gasteiger partial charge in [0.15, 0.2) is 10.3 Å². The summed E-state index contributed by atoms with van der Waals surface area (Å²) in [7, 11) is 0. The Morgan fingerprint density at radius 2 is 1.85 bits per heavy atom. The summed E-state index contributed by atoms with van der Waals surface area (Å²) in [5.74, 6) is -0.233. The summed E-state index contributed by atoms with van der Waals surface area (Å²) in [6.07, 6.45) is -1.98. The van der Waals surface area contributed by atoms with Crippen LogP contribution in [-0.2, 0) is 4.79 Å². The molecular formula is C16H11ClN4O5S. The summed E-state index contributed by atoms with van der Waals surface area (Å²) >= 11 is 7.16. The minimum atomic E-state index is -1.69. The van der Waals surface area contributed by atoms with Gasteiger partial charge in [-0.1, -0.05) is 29.0 Å². The van der Waals surface area contributed by atoms with E-state index in [1.165, 1.54) is 30.5 Å². The molecule has 2 heterocycles. The van der Waals surface area contributed by atoms with Crippen LogP contribution in [-0.4, -0.2) is 38.3 Å². The molecule has 0 fully saturated rings. The number of amides is 3. The number of fused-ring (bicyclic) bond motifs is 1. The second-order valence-electron chi connectivity index (χ2n) is 5.32. The van der Waals surface area contributed by atoms with E-state index in [-0.39, 0.29) is 21.6 Å². The Bertz CT molecular complexity index is 1070. The van der Waals surface area contributed by atoms with Crippen molar-refractivity contribution in [2.75, 3.05) is 10.2 Å². The molecule has 0 aliphatic carbocycles. The number of imide groups is 1. The van der Waals surface area contributed by atoms with E-state index in [0.29, 0.717) is 21.8 Å². The number of carbonyl (C=O) groups excluding carboxylic acids is 1. The van der Waals surface area contributed by atoms with Crippen LogP contribution < -0.4 is 10.2 Å². The number of aromatic nitrogens is 2. The number of rotatable bonds is 3. The molecule has 1 aromatic carbocycles. The molecule has 2 aromatic heterocycles. The summed E-state index contributed by atoms with van der Waals surface area (Å²) in [5.41, 5.74) is 1.53. The van der Waals surface area contributed by atoms with Crippen molar-refractivity contribution in [1.29, 1.82) is 0 Å². The first-order valence-corrected chi connectivity index (χ1v) is 8.56. The minimum absolute atomic E-state index is 0.0962. The molecule has 0 aliphatic heterocycles. The van der Waals surface area contributed by atoms with Crippen LogP contribution in [0.15, 0.2) is 30.5 Å². The Kier molecular flexibility index (Phi) is 4.93. The van der Waals surface area contributed by atoms with E-state index in [1.807, 2.05) is 0 Å². The smallest absolute Gasteiger partial charge is 0.421 e. The molecule has 11 heteroatoms. The van der Waals surface area contributed by atoms with Crippen molar-refractivity contribution in [1.82, 2.24) is 9.97 Å². The topological polar surface area (TPSA) is 133 Å². The molecule has 0 saturated carbocycles. The van der Waals surface area contributed by atoms with Crippen LogP contribution in [0.3, 0.4) is 0 Å². The van der Waals surface area contributed by atoms with Crippen LogP contribution in [0.25, 0.3) is 21.3 Å². The van der Waals surface area contributed by atoms with Gasteiger partial charge < -0.3 is 15.5 Å². The number of carboxylic acid groups (broad SMARTS) is 2. The zero-order valence-corrected chi connectivity index (χ0v) is 15.2. The Balaban J connectivity index is 2.05. The summed E-state index contributed by atoms with van der Waals surface area (Å²) < 4.78 is 0.779. The Hall–Kier alpha value is -3.24.